The van der Waals surface area contributed by atoms with Crippen LogP contribution in [0, 0.1) is 6.92 Å². The number of anilines is 1. The number of pyridine rings is 1. The summed E-state index contributed by atoms with van der Waals surface area (Å²) >= 11 is 5.76. The molecule has 1 aromatic rings. The highest BCUT2D eigenvalue weighted by atomic mass is 35.5. The first-order valence-electron chi connectivity index (χ1n) is 4.15. The molecule has 15 heavy (non-hydrogen) atoms. The minimum absolute atomic E-state index is 0.0279. The minimum atomic E-state index is -1.20. The second-order valence-electron chi connectivity index (χ2n) is 3.00. The largest absolute Gasteiger partial charge is 0.476 e. The van der Waals surface area contributed by atoms with Gasteiger partial charge in [-0.3, -0.25) is 0 Å². The highest BCUT2D eigenvalue weighted by molar-refractivity contribution is 6.35. The van der Waals surface area contributed by atoms with Crippen molar-refractivity contribution in [3.8, 4) is 0 Å². The summed E-state index contributed by atoms with van der Waals surface area (Å²) in [5.41, 5.74) is 6.78. The van der Waals surface area contributed by atoms with Crippen LogP contribution in [0.4, 0.5) is 5.69 Å². The molecule has 82 valence electrons. The maximum Gasteiger partial charge on any atom is 0.356 e. The summed E-state index contributed by atoms with van der Waals surface area (Å²) in [6.45, 7) is 1.92. The Morgan fingerprint density at radius 1 is 1.67 bits per heavy atom. The minimum Gasteiger partial charge on any atom is -0.476 e. The molecule has 0 unspecified atom stereocenters. The summed E-state index contributed by atoms with van der Waals surface area (Å²) in [7, 11) is 1.49. The average molecular weight is 231 g/mol. The van der Waals surface area contributed by atoms with E-state index in [1.165, 1.54) is 7.11 Å². The lowest BCUT2D eigenvalue weighted by Crippen LogP contribution is -2.10. The van der Waals surface area contributed by atoms with Crippen LogP contribution in [0.2, 0.25) is 5.02 Å². The van der Waals surface area contributed by atoms with Crippen LogP contribution < -0.4 is 5.73 Å². The molecule has 0 bridgehead atoms. The lowest BCUT2D eigenvalue weighted by molar-refractivity contribution is 0.0689. The van der Waals surface area contributed by atoms with E-state index >= 15 is 0 Å². The number of carboxylic acids is 1. The number of aromatic nitrogens is 1. The molecule has 0 aliphatic rings. The Morgan fingerprint density at radius 2 is 2.27 bits per heavy atom. The summed E-state index contributed by atoms with van der Waals surface area (Å²) in [6.07, 6.45) is 0. The molecular formula is C9H11ClN2O3. The fourth-order valence-corrected chi connectivity index (χ4v) is 1.40. The highest BCUT2D eigenvalue weighted by Crippen LogP contribution is 2.27. The topological polar surface area (TPSA) is 85.4 Å². The van der Waals surface area contributed by atoms with Crippen molar-refractivity contribution in [2.24, 2.45) is 0 Å². The third-order valence-corrected chi connectivity index (χ3v) is 2.39. The van der Waals surface area contributed by atoms with Crippen LogP contribution in [0.25, 0.3) is 0 Å². The standard InChI is InChI=1S/C9H11ClN2O3/c1-4-5(3-15-2)12-8(9(13)14)6(10)7(4)11/h3H2,1-2H3,(H2,11,12)(H,13,14). The quantitative estimate of drug-likeness (QED) is 0.821. The zero-order valence-electron chi connectivity index (χ0n) is 8.37. The molecule has 0 spiro atoms. The van der Waals surface area contributed by atoms with Gasteiger partial charge in [0.15, 0.2) is 5.69 Å². The van der Waals surface area contributed by atoms with E-state index in [1.807, 2.05) is 0 Å². The molecule has 6 heteroatoms. The SMILES string of the molecule is COCc1nc(C(=O)O)c(Cl)c(N)c1C. The number of hydrogen-bond acceptors (Lipinski definition) is 4. The van der Waals surface area contributed by atoms with Crippen molar-refractivity contribution in [3.05, 3.63) is 22.0 Å². The lowest BCUT2D eigenvalue weighted by Gasteiger charge is -2.10. The first-order valence-corrected chi connectivity index (χ1v) is 4.53. The number of rotatable bonds is 3. The zero-order chi connectivity index (χ0) is 11.6. The van der Waals surface area contributed by atoms with Gasteiger partial charge in [-0.05, 0) is 12.5 Å². The summed E-state index contributed by atoms with van der Waals surface area (Å²) in [4.78, 5) is 14.7. The number of nitrogen functional groups attached to an aromatic ring is 1. The zero-order valence-corrected chi connectivity index (χ0v) is 9.13. The molecule has 0 fully saturated rings. The molecule has 1 heterocycles. The van der Waals surface area contributed by atoms with Gasteiger partial charge in [0.25, 0.3) is 0 Å². The second kappa shape index (κ2) is 4.46. The van der Waals surface area contributed by atoms with Gasteiger partial charge in [-0.2, -0.15) is 0 Å². The Morgan fingerprint density at radius 3 is 2.73 bits per heavy atom. The monoisotopic (exact) mass is 230 g/mol. The van der Waals surface area contributed by atoms with Crippen LogP contribution in [0.5, 0.6) is 0 Å². The van der Waals surface area contributed by atoms with E-state index in [2.05, 4.69) is 4.98 Å². The van der Waals surface area contributed by atoms with Crippen molar-refractivity contribution in [1.82, 2.24) is 4.98 Å². The summed E-state index contributed by atoms with van der Waals surface area (Å²) < 4.78 is 4.88. The second-order valence-corrected chi connectivity index (χ2v) is 3.38. The van der Waals surface area contributed by atoms with Crippen LogP contribution in [-0.2, 0) is 11.3 Å². The van der Waals surface area contributed by atoms with E-state index in [0.29, 0.717) is 11.3 Å². The van der Waals surface area contributed by atoms with Crippen molar-refractivity contribution < 1.29 is 14.6 Å². The average Bonchev–Trinajstić information content (AvgIpc) is 2.18. The van der Waals surface area contributed by atoms with Crippen molar-refractivity contribution in [2.45, 2.75) is 13.5 Å². The summed E-state index contributed by atoms with van der Waals surface area (Å²) in [5, 5.41) is 8.80. The molecule has 0 aliphatic heterocycles. The molecule has 1 rings (SSSR count). The van der Waals surface area contributed by atoms with Gasteiger partial charge in [0.2, 0.25) is 0 Å². The maximum absolute atomic E-state index is 10.8. The van der Waals surface area contributed by atoms with E-state index in [4.69, 9.17) is 27.2 Å². The molecule has 0 atom stereocenters. The van der Waals surface area contributed by atoms with Crippen molar-refractivity contribution in [3.63, 3.8) is 0 Å². The molecule has 0 aromatic carbocycles. The molecule has 1 aromatic heterocycles. The molecule has 0 amide bonds. The van der Waals surface area contributed by atoms with E-state index in [9.17, 15) is 4.79 Å². The number of halogens is 1. The van der Waals surface area contributed by atoms with Crippen LogP contribution in [0.15, 0.2) is 0 Å². The van der Waals surface area contributed by atoms with Crippen LogP contribution >= 0.6 is 11.6 Å². The third kappa shape index (κ3) is 2.19. The van der Waals surface area contributed by atoms with Gasteiger partial charge in [0, 0.05) is 7.11 Å². The van der Waals surface area contributed by atoms with Gasteiger partial charge in [0.05, 0.1) is 23.0 Å². The van der Waals surface area contributed by atoms with Gasteiger partial charge in [-0.1, -0.05) is 11.6 Å². The van der Waals surface area contributed by atoms with Gasteiger partial charge < -0.3 is 15.6 Å². The number of carboxylic acid groups (broad SMARTS) is 1. The Labute approximate surface area is 91.8 Å². The van der Waals surface area contributed by atoms with E-state index < -0.39 is 5.97 Å². The molecule has 5 nitrogen and oxygen atoms in total. The first-order chi connectivity index (χ1) is 6.99. The van der Waals surface area contributed by atoms with Gasteiger partial charge in [-0.15, -0.1) is 0 Å². The Bertz CT molecular complexity index is 407. The van der Waals surface area contributed by atoms with Crippen molar-refractivity contribution >= 4 is 23.3 Å². The summed E-state index contributed by atoms with van der Waals surface area (Å²) in [6, 6.07) is 0. The van der Waals surface area contributed by atoms with Gasteiger partial charge in [-0.25, -0.2) is 9.78 Å². The number of methoxy groups -OCH3 is 1. The Balaban J connectivity index is 3.38. The highest BCUT2D eigenvalue weighted by Gasteiger charge is 2.18. The van der Waals surface area contributed by atoms with Crippen molar-refractivity contribution in [1.29, 1.82) is 0 Å². The first kappa shape index (κ1) is 11.7. The molecular weight excluding hydrogens is 220 g/mol. The smallest absolute Gasteiger partial charge is 0.356 e. The Hall–Kier alpha value is -1.33. The number of hydrogen-bond donors (Lipinski definition) is 2. The fourth-order valence-electron chi connectivity index (χ4n) is 1.13. The predicted molar refractivity (Wildman–Crippen MR) is 56.1 cm³/mol. The number of carbonyl (C=O) groups is 1. The van der Waals surface area contributed by atoms with Crippen molar-refractivity contribution in [2.75, 3.05) is 12.8 Å². The van der Waals surface area contributed by atoms with Crippen LogP contribution in [0.3, 0.4) is 0 Å². The number of ether oxygens (including phenoxy) is 1. The van der Waals surface area contributed by atoms with Crippen LogP contribution in [0.1, 0.15) is 21.7 Å². The molecule has 3 N–H and O–H groups in total. The maximum atomic E-state index is 10.8. The van der Waals surface area contributed by atoms with E-state index in [1.54, 1.807) is 6.92 Å². The van der Waals surface area contributed by atoms with Crippen LogP contribution in [-0.4, -0.2) is 23.2 Å². The predicted octanol–water partition coefficient (Wildman–Crippen LogP) is 1.47. The molecule has 0 saturated heterocycles. The number of nitrogens with zero attached hydrogens (tertiary/aromatic N) is 1. The van der Waals surface area contributed by atoms with Gasteiger partial charge >= 0.3 is 5.97 Å². The molecule has 0 radical (unpaired) electrons. The number of nitrogens with two attached hydrogens (primary N) is 1. The van der Waals surface area contributed by atoms with E-state index in [0.717, 1.165) is 0 Å². The lowest BCUT2D eigenvalue weighted by atomic mass is 10.1. The molecule has 0 aliphatic carbocycles. The number of aromatic carboxylic acids is 1. The Kier molecular flexibility index (Phi) is 3.49. The van der Waals surface area contributed by atoms with Gasteiger partial charge in [0.1, 0.15) is 0 Å². The molecule has 0 saturated carbocycles. The van der Waals surface area contributed by atoms with E-state index in [-0.39, 0.29) is 23.0 Å². The third-order valence-electron chi connectivity index (χ3n) is 2.01. The fraction of sp³-hybridized carbons (Fsp3) is 0.333. The normalized spacial score (nSPS) is 10.3. The summed E-state index contributed by atoms with van der Waals surface area (Å²) in [5.74, 6) is -1.20.